The van der Waals surface area contributed by atoms with Gasteiger partial charge in [0.1, 0.15) is 23.8 Å². The molecule has 2 aromatic carbocycles. The van der Waals surface area contributed by atoms with Crippen molar-refractivity contribution >= 4 is 17.6 Å². The molecule has 0 atom stereocenters. The quantitative estimate of drug-likeness (QED) is 0.380. The first-order valence-electron chi connectivity index (χ1n) is 13.3. The van der Waals surface area contributed by atoms with Crippen LogP contribution in [0.15, 0.2) is 54.6 Å². The van der Waals surface area contributed by atoms with Gasteiger partial charge in [0.05, 0.1) is 27.0 Å². The normalized spacial score (nSPS) is 13.2. The van der Waals surface area contributed by atoms with Gasteiger partial charge in [0.25, 0.3) is 5.91 Å². The van der Waals surface area contributed by atoms with Crippen LogP contribution in [0.25, 0.3) is 11.3 Å². The summed E-state index contributed by atoms with van der Waals surface area (Å²) in [6.07, 6.45) is 0. The Bertz CT molecular complexity index is 1290. The average Bonchev–Trinajstić information content (AvgIpc) is 3.00. The van der Waals surface area contributed by atoms with Crippen molar-refractivity contribution in [2.45, 2.75) is 13.8 Å². The molecule has 10 heteroatoms. The predicted octanol–water partition coefficient (Wildman–Crippen LogP) is 3.62. The van der Waals surface area contributed by atoms with E-state index in [1.165, 1.54) is 0 Å². The molecule has 0 N–H and O–H groups in total. The third-order valence-corrected chi connectivity index (χ3v) is 6.83. The highest BCUT2D eigenvalue weighted by atomic mass is 16.5. The van der Waals surface area contributed by atoms with Gasteiger partial charge in [-0.2, -0.15) is 0 Å². The minimum Gasteiger partial charge on any atom is -0.497 e. The zero-order chi connectivity index (χ0) is 28.6. The van der Waals surface area contributed by atoms with E-state index in [9.17, 15) is 9.59 Å². The number of methoxy groups -OCH3 is 3. The molecule has 4 rings (SSSR count). The van der Waals surface area contributed by atoms with Gasteiger partial charge in [-0.15, -0.1) is 10.2 Å². The van der Waals surface area contributed by atoms with Crippen molar-refractivity contribution in [2.24, 2.45) is 5.92 Å². The highest BCUT2D eigenvalue weighted by molar-refractivity contribution is 5.96. The number of amides is 2. The maximum Gasteiger partial charge on any atom is 0.254 e. The number of ether oxygens (including phenoxy) is 3. The number of hydrogen-bond acceptors (Lipinski definition) is 8. The summed E-state index contributed by atoms with van der Waals surface area (Å²) in [4.78, 5) is 32.0. The molecule has 1 aliphatic rings. The molecule has 1 fully saturated rings. The van der Waals surface area contributed by atoms with E-state index in [1.807, 2.05) is 49.1 Å². The van der Waals surface area contributed by atoms with Crippen molar-refractivity contribution in [1.29, 1.82) is 0 Å². The third kappa shape index (κ3) is 6.80. The molecule has 0 radical (unpaired) electrons. The Kier molecular flexibility index (Phi) is 9.42. The first-order valence-corrected chi connectivity index (χ1v) is 13.3. The fourth-order valence-electron chi connectivity index (χ4n) is 4.67. The van der Waals surface area contributed by atoms with Crippen LogP contribution in [-0.4, -0.2) is 92.4 Å². The van der Waals surface area contributed by atoms with E-state index in [2.05, 4.69) is 15.1 Å². The number of rotatable bonds is 10. The fourth-order valence-corrected chi connectivity index (χ4v) is 4.67. The summed E-state index contributed by atoms with van der Waals surface area (Å²) < 4.78 is 16.0. The summed E-state index contributed by atoms with van der Waals surface area (Å²) in [5.74, 6) is 2.80. The SMILES string of the molecule is COc1ccc(C(=O)N(CC(=O)N2CCN(c3ccc(-c4ccc(OC)cc4OC)nn3)CC2)CC(C)C)cc1. The van der Waals surface area contributed by atoms with Crippen LogP contribution in [0.2, 0.25) is 0 Å². The summed E-state index contributed by atoms with van der Waals surface area (Å²) in [6.45, 7) is 6.95. The van der Waals surface area contributed by atoms with Crippen LogP contribution in [0.3, 0.4) is 0 Å². The Morgan fingerprint density at radius 1 is 0.850 bits per heavy atom. The molecule has 2 heterocycles. The van der Waals surface area contributed by atoms with Gasteiger partial charge in [-0.3, -0.25) is 9.59 Å². The van der Waals surface area contributed by atoms with E-state index in [0.717, 1.165) is 11.4 Å². The van der Waals surface area contributed by atoms with E-state index in [4.69, 9.17) is 14.2 Å². The molecular formula is C30H37N5O5. The van der Waals surface area contributed by atoms with Crippen LogP contribution in [-0.2, 0) is 4.79 Å². The minimum absolute atomic E-state index is 0.0429. The number of piperazine rings is 1. The summed E-state index contributed by atoms with van der Waals surface area (Å²) in [5.41, 5.74) is 2.06. The first kappa shape index (κ1) is 28.7. The standard InChI is InChI=1S/C30H37N5O5/c1-21(2)19-35(30(37)22-6-8-23(38-3)9-7-22)20-29(36)34-16-14-33(15-17-34)28-13-12-26(31-32-28)25-11-10-24(39-4)18-27(25)40-5/h6-13,18,21H,14-17,19-20H2,1-5H3. The van der Waals surface area contributed by atoms with Gasteiger partial charge in [-0.25, -0.2) is 0 Å². The van der Waals surface area contributed by atoms with Gasteiger partial charge in [-0.1, -0.05) is 13.8 Å². The predicted molar refractivity (Wildman–Crippen MR) is 153 cm³/mol. The zero-order valence-corrected chi connectivity index (χ0v) is 23.8. The summed E-state index contributed by atoms with van der Waals surface area (Å²) in [7, 11) is 4.81. The van der Waals surface area contributed by atoms with Crippen molar-refractivity contribution in [2.75, 3.05) is 65.5 Å². The second-order valence-electron chi connectivity index (χ2n) is 10.0. The monoisotopic (exact) mass is 547 g/mol. The molecule has 1 saturated heterocycles. The largest absolute Gasteiger partial charge is 0.497 e. The molecule has 0 saturated carbocycles. The Morgan fingerprint density at radius 3 is 2.10 bits per heavy atom. The van der Waals surface area contributed by atoms with Crippen molar-refractivity contribution < 1.29 is 23.8 Å². The van der Waals surface area contributed by atoms with Gasteiger partial charge in [0, 0.05) is 49.9 Å². The van der Waals surface area contributed by atoms with Gasteiger partial charge < -0.3 is 28.9 Å². The summed E-state index contributed by atoms with van der Waals surface area (Å²) >= 11 is 0. The molecule has 1 aliphatic heterocycles. The summed E-state index contributed by atoms with van der Waals surface area (Å²) in [6, 6.07) is 16.4. The molecule has 40 heavy (non-hydrogen) atoms. The number of carbonyl (C=O) groups is 2. The maximum atomic E-state index is 13.2. The highest BCUT2D eigenvalue weighted by Gasteiger charge is 2.26. The van der Waals surface area contributed by atoms with Gasteiger partial charge >= 0.3 is 0 Å². The number of aromatic nitrogens is 2. The number of carbonyl (C=O) groups excluding carboxylic acids is 2. The van der Waals surface area contributed by atoms with Crippen molar-refractivity contribution in [1.82, 2.24) is 20.0 Å². The number of hydrogen-bond donors (Lipinski definition) is 0. The smallest absolute Gasteiger partial charge is 0.254 e. The average molecular weight is 548 g/mol. The second-order valence-corrected chi connectivity index (χ2v) is 10.0. The van der Waals surface area contributed by atoms with E-state index < -0.39 is 0 Å². The minimum atomic E-state index is -0.160. The van der Waals surface area contributed by atoms with Crippen molar-refractivity contribution in [3.05, 3.63) is 60.2 Å². The number of nitrogens with zero attached hydrogens (tertiary/aromatic N) is 5. The van der Waals surface area contributed by atoms with Crippen LogP contribution in [0.1, 0.15) is 24.2 Å². The maximum absolute atomic E-state index is 13.2. The van der Waals surface area contributed by atoms with Crippen molar-refractivity contribution in [3.63, 3.8) is 0 Å². The Labute approximate surface area is 235 Å². The lowest BCUT2D eigenvalue weighted by Gasteiger charge is -2.36. The number of anilines is 1. The van der Waals surface area contributed by atoms with Gasteiger partial charge in [0.2, 0.25) is 5.91 Å². The van der Waals surface area contributed by atoms with E-state index in [0.29, 0.717) is 61.2 Å². The lowest BCUT2D eigenvalue weighted by molar-refractivity contribution is -0.132. The van der Waals surface area contributed by atoms with Crippen LogP contribution in [0.5, 0.6) is 17.2 Å². The molecule has 3 aromatic rings. The Morgan fingerprint density at radius 2 is 1.52 bits per heavy atom. The van der Waals surface area contributed by atoms with Crippen LogP contribution in [0, 0.1) is 5.92 Å². The van der Waals surface area contributed by atoms with E-state index in [1.54, 1.807) is 50.5 Å². The Hall–Kier alpha value is -4.34. The lowest BCUT2D eigenvalue weighted by Crippen LogP contribution is -2.52. The van der Waals surface area contributed by atoms with Crippen LogP contribution >= 0.6 is 0 Å². The summed E-state index contributed by atoms with van der Waals surface area (Å²) in [5, 5.41) is 8.86. The lowest BCUT2D eigenvalue weighted by atomic mass is 10.1. The van der Waals surface area contributed by atoms with Crippen LogP contribution in [0.4, 0.5) is 5.82 Å². The molecule has 1 aromatic heterocycles. The van der Waals surface area contributed by atoms with Gasteiger partial charge in [0.15, 0.2) is 5.82 Å². The van der Waals surface area contributed by atoms with Crippen LogP contribution < -0.4 is 19.1 Å². The molecule has 0 bridgehead atoms. The topological polar surface area (TPSA) is 97.3 Å². The molecule has 0 spiro atoms. The van der Waals surface area contributed by atoms with E-state index >= 15 is 0 Å². The molecule has 2 amide bonds. The Balaban J connectivity index is 1.36. The van der Waals surface area contributed by atoms with E-state index in [-0.39, 0.29) is 24.3 Å². The number of benzene rings is 2. The first-order chi connectivity index (χ1) is 19.3. The molecule has 0 aliphatic carbocycles. The zero-order valence-electron chi connectivity index (χ0n) is 23.8. The third-order valence-electron chi connectivity index (χ3n) is 6.83. The highest BCUT2D eigenvalue weighted by Crippen LogP contribution is 2.32. The van der Waals surface area contributed by atoms with Crippen molar-refractivity contribution in [3.8, 4) is 28.5 Å². The molecule has 10 nitrogen and oxygen atoms in total. The fraction of sp³-hybridized carbons (Fsp3) is 0.400. The second kappa shape index (κ2) is 13.1. The molecule has 0 unspecified atom stereocenters. The van der Waals surface area contributed by atoms with Gasteiger partial charge in [-0.05, 0) is 54.4 Å². The molecule has 212 valence electrons. The molecular weight excluding hydrogens is 510 g/mol.